The summed E-state index contributed by atoms with van der Waals surface area (Å²) in [5.41, 5.74) is 1.02. The average molecular weight is 315 g/mol. The Morgan fingerprint density at radius 3 is 2.65 bits per heavy atom. The first-order chi connectivity index (χ1) is 11.1. The van der Waals surface area contributed by atoms with Gasteiger partial charge in [-0.2, -0.15) is 0 Å². The lowest BCUT2D eigenvalue weighted by molar-refractivity contribution is 0.128. The molecule has 1 aliphatic rings. The minimum atomic E-state index is -0.0206. The van der Waals surface area contributed by atoms with Crippen molar-refractivity contribution in [2.24, 2.45) is 0 Å². The van der Waals surface area contributed by atoms with Crippen molar-refractivity contribution in [3.05, 3.63) is 34.4 Å². The summed E-state index contributed by atoms with van der Waals surface area (Å²) in [7, 11) is 1.60. The first-order valence-corrected chi connectivity index (χ1v) is 8.40. The molecule has 0 aliphatic carbocycles. The molecule has 2 aromatic heterocycles. The molecule has 0 spiro atoms. The van der Waals surface area contributed by atoms with Gasteiger partial charge in [-0.3, -0.25) is 9.36 Å². The van der Waals surface area contributed by atoms with E-state index in [1.165, 1.54) is 6.42 Å². The Balaban J connectivity index is 2.23. The lowest BCUT2D eigenvalue weighted by atomic mass is 10.0. The summed E-state index contributed by atoms with van der Waals surface area (Å²) >= 11 is 0. The van der Waals surface area contributed by atoms with Gasteiger partial charge in [0.15, 0.2) is 0 Å². The molecule has 0 aromatic carbocycles. The molecule has 0 unspecified atom stereocenters. The van der Waals surface area contributed by atoms with E-state index < -0.39 is 0 Å². The van der Waals surface area contributed by atoms with Crippen LogP contribution in [-0.2, 0) is 11.5 Å². The molecular weight excluding hydrogens is 290 g/mol. The number of methoxy groups -OCH3 is 1. The van der Waals surface area contributed by atoms with Crippen LogP contribution in [0.1, 0.15) is 44.7 Å². The van der Waals surface area contributed by atoms with Crippen LogP contribution in [0, 0.1) is 0 Å². The summed E-state index contributed by atoms with van der Waals surface area (Å²) in [4.78, 5) is 20.0. The van der Waals surface area contributed by atoms with Gasteiger partial charge in [-0.15, -0.1) is 0 Å². The number of piperidine rings is 1. The van der Waals surface area contributed by atoms with Crippen molar-refractivity contribution in [2.75, 3.05) is 25.1 Å². The van der Waals surface area contributed by atoms with E-state index in [1.807, 2.05) is 12.1 Å². The van der Waals surface area contributed by atoms with Crippen LogP contribution >= 0.6 is 0 Å². The molecule has 2 aromatic rings. The molecule has 0 amide bonds. The standard InChI is InChI=1S/C18H25N3O2/c1-13(2)15-11-14-7-10-21(12-23-3)18(22)16(14)17(19-15)20-8-5-4-6-9-20/h7,10-11,13H,4-6,8-9,12H2,1-3H3. The minimum Gasteiger partial charge on any atom is -0.364 e. The molecule has 0 atom stereocenters. The molecule has 0 N–H and O–H groups in total. The van der Waals surface area contributed by atoms with Crippen LogP contribution in [0.3, 0.4) is 0 Å². The number of hydrogen-bond acceptors (Lipinski definition) is 4. The van der Waals surface area contributed by atoms with Gasteiger partial charge in [0.1, 0.15) is 12.5 Å². The van der Waals surface area contributed by atoms with Crippen molar-refractivity contribution in [2.45, 2.75) is 45.8 Å². The van der Waals surface area contributed by atoms with E-state index in [0.717, 1.165) is 48.2 Å². The van der Waals surface area contributed by atoms with Crippen LogP contribution in [0.5, 0.6) is 0 Å². The summed E-state index contributed by atoms with van der Waals surface area (Å²) < 4.78 is 6.74. The molecule has 5 heteroatoms. The summed E-state index contributed by atoms with van der Waals surface area (Å²) in [6.07, 6.45) is 5.38. The van der Waals surface area contributed by atoms with Crippen LogP contribution in [0.4, 0.5) is 5.82 Å². The highest BCUT2D eigenvalue weighted by molar-refractivity contribution is 5.92. The van der Waals surface area contributed by atoms with Crippen molar-refractivity contribution in [1.29, 1.82) is 0 Å². The van der Waals surface area contributed by atoms with Crippen molar-refractivity contribution in [3.8, 4) is 0 Å². The van der Waals surface area contributed by atoms with Gasteiger partial charge in [-0.05, 0) is 42.7 Å². The number of fused-ring (bicyclic) bond motifs is 1. The molecule has 1 fully saturated rings. The second-order valence-corrected chi connectivity index (χ2v) is 6.55. The maximum Gasteiger partial charge on any atom is 0.264 e. The second kappa shape index (κ2) is 6.71. The van der Waals surface area contributed by atoms with E-state index in [9.17, 15) is 4.79 Å². The Morgan fingerprint density at radius 1 is 1.26 bits per heavy atom. The van der Waals surface area contributed by atoms with Gasteiger partial charge >= 0.3 is 0 Å². The molecule has 1 saturated heterocycles. The van der Waals surface area contributed by atoms with Crippen molar-refractivity contribution < 1.29 is 4.74 Å². The van der Waals surface area contributed by atoms with Gasteiger partial charge in [-0.1, -0.05) is 13.8 Å². The normalized spacial score (nSPS) is 15.6. The lowest BCUT2D eigenvalue weighted by Gasteiger charge is -2.29. The maximum absolute atomic E-state index is 12.9. The number of ether oxygens (including phenoxy) is 1. The first-order valence-electron chi connectivity index (χ1n) is 8.40. The number of anilines is 1. The third-order valence-corrected chi connectivity index (χ3v) is 4.47. The smallest absolute Gasteiger partial charge is 0.264 e. The highest BCUT2D eigenvalue weighted by Gasteiger charge is 2.19. The number of pyridine rings is 2. The average Bonchev–Trinajstić information content (AvgIpc) is 2.57. The summed E-state index contributed by atoms with van der Waals surface area (Å²) in [6.45, 7) is 6.49. The van der Waals surface area contributed by atoms with Gasteiger partial charge in [0.2, 0.25) is 0 Å². The van der Waals surface area contributed by atoms with E-state index in [1.54, 1.807) is 17.9 Å². The summed E-state index contributed by atoms with van der Waals surface area (Å²) in [5.74, 6) is 1.19. The summed E-state index contributed by atoms with van der Waals surface area (Å²) in [6, 6.07) is 4.04. The lowest BCUT2D eigenvalue weighted by Crippen LogP contribution is -2.32. The SMILES string of the molecule is COCn1ccc2cc(C(C)C)nc(N3CCCCC3)c2c1=O. The van der Waals surface area contributed by atoms with E-state index in [2.05, 4.69) is 18.7 Å². The summed E-state index contributed by atoms with van der Waals surface area (Å²) in [5, 5.41) is 1.69. The fraction of sp³-hybridized carbons (Fsp3) is 0.556. The molecule has 3 rings (SSSR count). The van der Waals surface area contributed by atoms with Crippen LogP contribution in [0.2, 0.25) is 0 Å². The van der Waals surface area contributed by atoms with Crippen LogP contribution in [0.25, 0.3) is 10.8 Å². The maximum atomic E-state index is 12.9. The zero-order valence-corrected chi connectivity index (χ0v) is 14.2. The fourth-order valence-corrected chi connectivity index (χ4v) is 3.17. The Hall–Kier alpha value is -1.88. The van der Waals surface area contributed by atoms with Gasteiger partial charge < -0.3 is 9.64 Å². The van der Waals surface area contributed by atoms with Crippen LogP contribution in [0.15, 0.2) is 23.1 Å². The monoisotopic (exact) mass is 315 g/mol. The molecule has 0 bridgehead atoms. The first kappa shape index (κ1) is 16.0. The highest BCUT2D eigenvalue weighted by atomic mass is 16.5. The third kappa shape index (κ3) is 3.11. The topological polar surface area (TPSA) is 47.4 Å². The van der Waals surface area contributed by atoms with E-state index in [-0.39, 0.29) is 12.3 Å². The van der Waals surface area contributed by atoms with Crippen molar-refractivity contribution in [3.63, 3.8) is 0 Å². The van der Waals surface area contributed by atoms with Crippen LogP contribution in [-0.4, -0.2) is 29.8 Å². The Kier molecular flexibility index (Phi) is 4.66. The fourth-order valence-electron chi connectivity index (χ4n) is 3.17. The molecule has 124 valence electrons. The zero-order chi connectivity index (χ0) is 16.4. The van der Waals surface area contributed by atoms with Gasteiger partial charge in [0.05, 0.1) is 5.39 Å². The van der Waals surface area contributed by atoms with E-state index in [4.69, 9.17) is 9.72 Å². The predicted molar refractivity (Wildman–Crippen MR) is 93.2 cm³/mol. The Morgan fingerprint density at radius 2 is 2.00 bits per heavy atom. The second-order valence-electron chi connectivity index (χ2n) is 6.55. The van der Waals surface area contributed by atoms with E-state index in [0.29, 0.717) is 5.92 Å². The Bertz CT molecular complexity index is 746. The highest BCUT2D eigenvalue weighted by Crippen LogP contribution is 2.28. The number of aromatic nitrogens is 2. The number of rotatable bonds is 4. The third-order valence-electron chi connectivity index (χ3n) is 4.47. The predicted octanol–water partition coefficient (Wildman–Crippen LogP) is 3.11. The largest absolute Gasteiger partial charge is 0.364 e. The molecule has 23 heavy (non-hydrogen) atoms. The van der Waals surface area contributed by atoms with Gasteiger partial charge in [-0.25, -0.2) is 4.98 Å². The minimum absolute atomic E-state index is 0.0206. The number of nitrogens with zero attached hydrogens (tertiary/aromatic N) is 3. The van der Waals surface area contributed by atoms with Gasteiger partial charge in [0.25, 0.3) is 5.56 Å². The zero-order valence-electron chi connectivity index (χ0n) is 14.2. The van der Waals surface area contributed by atoms with Crippen LogP contribution < -0.4 is 10.5 Å². The molecule has 0 saturated carbocycles. The van der Waals surface area contributed by atoms with Crippen molar-refractivity contribution >= 4 is 16.6 Å². The molecular formula is C18H25N3O2. The molecule has 3 heterocycles. The number of hydrogen-bond donors (Lipinski definition) is 0. The Labute approximate surface area is 136 Å². The molecule has 0 radical (unpaired) electrons. The quantitative estimate of drug-likeness (QED) is 0.870. The van der Waals surface area contributed by atoms with E-state index >= 15 is 0 Å². The van der Waals surface area contributed by atoms with Gasteiger partial charge in [0, 0.05) is 32.1 Å². The van der Waals surface area contributed by atoms with Crippen molar-refractivity contribution in [1.82, 2.24) is 9.55 Å². The molecule has 1 aliphatic heterocycles. The molecule has 5 nitrogen and oxygen atoms in total.